The van der Waals surface area contributed by atoms with Gasteiger partial charge in [-0.15, -0.1) is 22.7 Å². The number of anilines is 3. The summed E-state index contributed by atoms with van der Waals surface area (Å²) in [6.07, 6.45) is 22.6. The van der Waals surface area contributed by atoms with Crippen molar-refractivity contribution in [1.82, 2.24) is 0 Å². The molecule has 8 heteroatoms. The molecular formula is C55H68N2O4S2. The highest BCUT2D eigenvalue weighted by molar-refractivity contribution is 7.24. The highest BCUT2D eigenvalue weighted by Gasteiger charge is 2.45. The number of nitrogens with zero attached hydrogens (tertiary/aromatic N) is 2. The fraction of sp³-hybridized carbons (Fsp3) is 0.455. The summed E-state index contributed by atoms with van der Waals surface area (Å²) in [4.78, 5) is 18.8. The van der Waals surface area contributed by atoms with E-state index in [1.54, 1.807) is 17.4 Å². The molecule has 0 radical (unpaired) electrons. The van der Waals surface area contributed by atoms with Gasteiger partial charge < -0.3 is 19.5 Å². The van der Waals surface area contributed by atoms with Gasteiger partial charge in [-0.25, -0.2) is 4.79 Å². The van der Waals surface area contributed by atoms with Crippen LogP contribution in [-0.2, 0) is 10.2 Å². The Morgan fingerprint density at radius 1 is 0.619 bits per heavy atom. The number of ether oxygens (including phenoxy) is 2. The largest absolute Gasteiger partial charge is 0.494 e. The number of rotatable bonds is 28. The third-order valence-electron chi connectivity index (χ3n) is 12.4. The zero-order chi connectivity index (χ0) is 44.4. The maximum Gasteiger partial charge on any atom is 0.346 e. The quantitative estimate of drug-likeness (QED) is 0.0306. The van der Waals surface area contributed by atoms with Crippen molar-refractivity contribution in [3.05, 3.63) is 107 Å². The molecule has 5 aromatic rings. The lowest BCUT2D eigenvalue weighted by molar-refractivity contribution is -0.132. The van der Waals surface area contributed by atoms with Crippen LogP contribution in [0.25, 0.3) is 26.3 Å². The molecule has 0 fully saturated rings. The van der Waals surface area contributed by atoms with E-state index in [0.717, 1.165) is 85.2 Å². The van der Waals surface area contributed by atoms with Gasteiger partial charge in [0.15, 0.2) is 0 Å². The van der Waals surface area contributed by atoms with Gasteiger partial charge >= 0.3 is 5.97 Å². The number of unbranched alkanes of at least 4 members (excludes halogenated alkanes) is 12. The maximum atomic E-state index is 11.9. The van der Waals surface area contributed by atoms with E-state index in [9.17, 15) is 15.2 Å². The van der Waals surface area contributed by atoms with Crippen LogP contribution in [0.2, 0.25) is 0 Å². The van der Waals surface area contributed by atoms with Crippen molar-refractivity contribution in [1.29, 1.82) is 5.26 Å². The molecule has 63 heavy (non-hydrogen) atoms. The number of fused-ring (bicyclic) bond motifs is 3. The second-order valence-electron chi connectivity index (χ2n) is 17.1. The number of carboxylic acid groups (broad SMARTS) is 1. The van der Waals surface area contributed by atoms with E-state index < -0.39 is 5.97 Å². The van der Waals surface area contributed by atoms with Crippen molar-refractivity contribution in [2.75, 3.05) is 18.1 Å². The standard InChI is InChI=1S/C55H68N2O4S2/c1-5-9-13-17-33-55(34-18-14-10-6-2)49-38-48(37-42(40-56)54(58)59)62-52(49)53-50(55)39-51(63-53)41-21-23-43(24-22-41)57(44-25-29-46(30-26-44)60-35-19-15-11-7-3)45-27-31-47(32-28-45)61-36-20-16-12-8-4/h21-32,37-39H,5-20,33-36H2,1-4H3,(H,58,59)/b42-37+. The van der Waals surface area contributed by atoms with Gasteiger partial charge in [0.2, 0.25) is 0 Å². The topological polar surface area (TPSA) is 82.8 Å². The highest BCUT2D eigenvalue weighted by atomic mass is 32.1. The minimum absolute atomic E-state index is 0.132. The smallest absolute Gasteiger partial charge is 0.346 e. The number of carboxylic acids is 1. The van der Waals surface area contributed by atoms with E-state index in [-0.39, 0.29) is 11.0 Å². The van der Waals surface area contributed by atoms with E-state index in [1.165, 1.54) is 108 Å². The second kappa shape index (κ2) is 24.3. The Morgan fingerprint density at radius 2 is 1.06 bits per heavy atom. The highest BCUT2D eigenvalue weighted by Crippen LogP contribution is 2.61. The lowest BCUT2D eigenvalue weighted by Crippen LogP contribution is -2.25. The van der Waals surface area contributed by atoms with E-state index in [2.05, 4.69) is 118 Å². The van der Waals surface area contributed by atoms with E-state index in [1.807, 2.05) is 17.4 Å². The Bertz CT molecular complexity index is 2180. The van der Waals surface area contributed by atoms with Gasteiger partial charge in [0.25, 0.3) is 0 Å². The van der Waals surface area contributed by atoms with E-state index in [0.29, 0.717) is 0 Å². The van der Waals surface area contributed by atoms with Gasteiger partial charge in [0.05, 0.1) is 13.2 Å². The molecule has 2 aromatic heterocycles. The molecule has 0 bridgehead atoms. The summed E-state index contributed by atoms with van der Waals surface area (Å²) in [5.74, 6) is 0.592. The molecule has 6 rings (SSSR count). The summed E-state index contributed by atoms with van der Waals surface area (Å²) >= 11 is 3.49. The van der Waals surface area contributed by atoms with Crippen LogP contribution in [0.1, 0.15) is 159 Å². The van der Waals surface area contributed by atoms with Crippen LogP contribution in [0.3, 0.4) is 0 Å². The van der Waals surface area contributed by atoms with Crippen molar-refractivity contribution >= 4 is 51.8 Å². The molecule has 0 spiro atoms. The molecule has 0 atom stereocenters. The molecule has 6 nitrogen and oxygen atoms in total. The summed E-state index contributed by atoms with van der Waals surface area (Å²) < 4.78 is 12.3. The van der Waals surface area contributed by atoms with Crippen LogP contribution in [-0.4, -0.2) is 24.3 Å². The lowest BCUT2D eigenvalue weighted by atomic mass is 9.71. The van der Waals surface area contributed by atoms with Gasteiger partial charge in [-0.05, 0) is 121 Å². The molecular weight excluding hydrogens is 817 g/mol. The van der Waals surface area contributed by atoms with E-state index in [4.69, 9.17) is 9.47 Å². The Hall–Kier alpha value is -4.84. The average molecular weight is 885 g/mol. The normalized spacial score (nSPS) is 12.8. The van der Waals surface area contributed by atoms with Crippen LogP contribution in [0, 0.1) is 11.3 Å². The van der Waals surface area contributed by atoms with Gasteiger partial charge in [0, 0.05) is 42.0 Å². The first kappa shape index (κ1) is 47.6. The van der Waals surface area contributed by atoms with Crippen LogP contribution in [0.15, 0.2) is 90.5 Å². The van der Waals surface area contributed by atoms with Crippen LogP contribution >= 0.6 is 22.7 Å². The molecule has 1 aliphatic rings. The summed E-state index contributed by atoms with van der Waals surface area (Å²) in [5.41, 5.74) is 6.75. The predicted molar refractivity (Wildman–Crippen MR) is 267 cm³/mol. The van der Waals surface area contributed by atoms with Crippen LogP contribution in [0.4, 0.5) is 17.1 Å². The summed E-state index contributed by atoms with van der Waals surface area (Å²) in [6, 6.07) is 32.5. The number of hydrogen-bond donors (Lipinski definition) is 1. The predicted octanol–water partition coefficient (Wildman–Crippen LogP) is 17.1. The number of nitriles is 1. The first-order valence-electron chi connectivity index (χ1n) is 23.9. The van der Waals surface area contributed by atoms with Gasteiger partial charge in [0.1, 0.15) is 23.1 Å². The molecule has 0 saturated heterocycles. The second-order valence-corrected chi connectivity index (χ2v) is 19.2. The monoisotopic (exact) mass is 884 g/mol. The van der Waals surface area contributed by atoms with Gasteiger partial charge in [-0.2, -0.15) is 5.26 Å². The Kier molecular flexibility index (Phi) is 18.4. The number of aliphatic carboxylic acids is 1. The summed E-state index contributed by atoms with van der Waals surface area (Å²) in [7, 11) is 0. The number of thiophene rings is 2. The van der Waals surface area contributed by atoms with Crippen molar-refractivity contribution in [3.8, 4) is 37.8 Å². The Labute approximate surface area is 385 Å². The SMILES string of the molecule is CCCCCCOc1ccc(N(c2ccc(OCCCCCC)cc2)c2ccc(-c3cc4c(s3)-c3sc(/C=C(\C#N)C(=O)O)cc3C4(CCCCCC)CCCCCC)cc2)cc1. The Balaban J connectivity index is 1.34. The summed E-state index contributed by atoms with van der Waals surface area (Å²) in [6.45, 7) is 10.4. The molecule has 334 valence electrons. The molecule has 0 aliphatic heterocycles. The summed E-state index contributed by atoms with van der Waals surface area (Å²) in [5, 5.41) is 19.3. The van der Waals surface area contributed by atoms with E-state index >= 15 is 0 Å². The van der Waals surface area contributed by atoms with Crippen LogP contribution < -0.4 is 14.4 Å². The zero-order valence-corrected chi connectivity index (χ0v) is 39.8. The number of benzene rings is 3. The fourth-order valence-electron chi connectivity index (χ4n) is 8.91. The molecule has 1 N–H and O–H groups in total. The molecule has 0 saturated carbocycles. The molecule has 2 heterocycles. The minimum atomic E-state index is -1.18. The zero-order valence-electron chi connectivity index (χ0n) is 38.2. The maximum absolute atomic E-state index is 11.9. The van der Waals surface area contributed by atoms with Gasteiger partial charge in [-0.3, -0.25) is 0 Å². The van der Waals surface area contributed by atoms with Crippen molar-refractivity contribution in [3.63, 3.8) is 0 Å². The first-order chi connectivity index (χ1) is 30.8. The number of hydrogen-bond acceptors (Lipinski definition) is 7. The van der Waals surface area contributed by atoms with Crippen molar-refractivity contribution in [2.24, 2.45) is 0 Å². The average Bonchev–Trinajstić information content (AvgIpc) is 3.99. The van der Waals surface area contributed by atoms with Crippen molar-refractivity contribution in [2.45, 2.75) is 149 Å². The minimum Gasteiger partial charge on any atom is -0.494 e. The van der Waals surface area contributed by atoms with Gasteiger partial charge in [-0.1, -0.05) is 130 Å². The lowest BCUT2D eigenvalue weighted by Gasteiger charge is -2.31. The molecule has 0 amide bonds. The fourth-order valence-corrected chi connectivity index (χ4v) is 11.5. The molecule has 1 aliphatic carbocycles. The third-order valence-corrected chi connectivity index (χ3v) is 14.8. The molecule has 3 aromatic carbocycles. The number of carbonyl (C=O) groups is 1. The Morgan fingerprint density at radius 3 is 1.52 bits per heavy atom. The van der Waals surface area contributed by atoms with Crippen molar-refractivity contribution < 1.29 is 19.4 Å². The molecule has 0 unspecified atom stereocenters. The first-order valence-corrected chi connectivity index (χ1v) is 25.5. The third kappa shape index (κ3) is 12.2. The van der Waals surface area contributed by atoms with Crippen LogP contribution in [0.5, 0.6) is 11.5 Å².